The van der Waals surface area contributed by atoms with Crippen LogP contribution >= 0.6 is 0 Å². The van der Waals surface area contributed by atoms with Crippen LogP contribution in [0.3, 0.4) is 0 Å². The molecule has 2 atom stereocenters. The van der Waals surface area contributed by atoms with Crippen molar-refractivity contribution in [1.82, 2.24) is 10.6 Å². The molecule has 0 heterocycles. The number of carbonyl (C=O) groups excluding carboxylic acids is 5. The largest absolute Gasteiger partial charge is 0.466 e. The first-order valence-corrected chi connectivity index (χ1v) is 18.3. The predicted octanol–water partition coefficient (Wildman–Crippen LogP) is 7.39. The molecule has 0 aliphatic heterocycles. The molecule has 0 spiro atoms. The van der Waals surface area contributed by atoms with Crippen molar-refractivity contribution in [3.8, 4) is 0 Å². The number of amides is 2. The minimum atomic E-state index is -0.749. The fourth-order valence-electron chi connectivity index (χ4n) is 4.72. The molecule has 0 bridgehead atoms. The van der Waals surface area contributed by atoms with Gasteiger partial charge in [-0.2, -0.15) is 0 Å². The van der Waals surface area contributed by atoms with Crippen LogP contribution < -0.4 is 10.6 Å². The number of oxime groups is 2. The third-order valence-electron chi connectivity index (χ3n) is 7.30. The minimum Gasteiger partial charge on any atom is -0.466 e. The molecule has 0 aliphatic carbocycles. The van der Waals surface area contributed by atoms with E-state index >= 15 is 0 Å². The zero-order valence-corrected chi connectivity index (χ0v) is 32.8. The van der Waals surface area contributed by atoms with Crippen LogP contribution in [0.25, 0.3) is 0 Å². The maximum atomic E-state index is 12.3. The Kier molecular flexibility index (Phi) is 21.5. The molecule has 0 radical (unpaired) electrons. The van der Waals surface area contributed by atoms with Gasteiger partial charge in [0.25, 0.3) is 11.8 Å². The normalized spacial score (nSPS) is 11.6. The van der Waals surface area contributed by atoms with Crippen LogP contribution in [0.1, 0.15) is 86.2 Å². The Hall–Kier alpha value is -6.43. The van der Waals surface area contributed by atoms with Gasteiger partial charge < -0.3 is 25.0 Å². The fourth-order valence-corrected chi connectivity index (χ4v) is 4.72. The minimum absolute atomic E-state index is 0.211. The molecule has 2 N–H and O–H groups in total. The number of nitrogens with zero attached hydrogens (tertiary/aromatic N) is 2. The van der Waals surface area contributed by atoms with E-state index in [-0.39, 0.29) is 29.6 Å². The van der Waals surface area contributed by atoms with E-state index in [0.717, 1.165) is 11.1 Å². The summed E-state index contributed by atoms with van der Waals surface area (Å²) in [6, 6.07) is 34.7. The Morgan fingerprint density at radius 2 is 0.875 bits per heavy atom. The molecule has 12 heteroatoms. The third kappa shape index (κ3) is 19.6. The molecule has 4 aromatic carbocycles. The zero-order chi connectivity index (χ0) is 41.1. The maximum Gasteiger partial charge on any atom is 0.357 e. The summed E-state index contributed by atoms with van der Waals surface area (Å²) in [5.74, 6) is -1.56. The molecule has 296 valence electrons. The van der Waals surface area contributed by atoms with Crippen molar-refractivity contribution in [3.63, 3.8) is 0 Å². The third-order valence-corrected chi connectivity index (χ3v) is 7.30. The van der Waals surface area contributed by atoms with E-state index in [1.165, 1.54) is 19.4 Å². The van der Waals surface area contributed by atoms with Crippen LogP contribution in [0, 0.1) is 11.8 Å². The number of benzene rings is 4. The van der Waals surface area contributed by atoms with Gasteiger partial charge in [0.2, 0.25) is 0 Å². The molecule has 2 amide bonds. The van der Waals surface area contributed by atoms with E-state index in [0.29, 0.717) is 30.6 Å². The molecule has 0 aromatic heterocycles. The quantitative estimate of drug-likeness (QED) is 0.0548. The first-order chi connectivity index (χ1) is 26.9. The lowest BCUT2D eigenvalue weighted by Crippen LogP contribution is -2.42. The molecular formula is C44H52N4O8. The number of rotatable bonds is 15. The van der Waals surface area contributed by atoms with Gasteiger partial charge in [0.05, 0.1) is 19.0 Å². The molecule has 12 nitrogen and oxygen atoms in total. The van der Waals surface area contributed by atoms with Crippen molar-refractivity contribution in [2.45, 2.75) is 66.5 Å². The van der Waals surface area contributed by atoms with Crippen LogP contribution in [-0.4, -0.2) is 60.8 Å². The summed E-state index contributed by atoms with van der Waals surface area (Å²) in [5.41, 5.74) is 2.64. The van der Waals surface area contributed by atoms with Crippen molar-refractivity contribution in [3.05, 3.63) is 144 Å². The smallest absolute Gasteiger partial charge is 0.357 e. The maximum absolute atomic E-state index is 12.3. The van der Waals surface area contributed by atoms with Gasteiger partial charge in [-0.25, -0.2) is 9.59 Å². The van der Waals surface area contributed by atoms with Crippen molar-refractivity contribution in [1.29, 1.82) is 0 Å². The second-order valence-electron chi connectivity index (χ2n) is 13.1. The highest BCUT2D eigenvalue weighted by molar-refractivity contribution is 5.97. The summed E-state index contributed by atoms with van der Waals surface area (Å²) in [6.45, 7) is 11.6. The van der Waals surface area contributed by atoms with E-state index in [9.17, 15) is 24.0 Å². The highest BCUT2D eigenvalue weighted by atomic mass is 16.7. The Bertz CT molecular complexity index is 1690. The van der Waals surface area contributed by atoms with E-state index in [2.05, 4.69) is 25.7 Å². The summed E-state index contributed by atoms with van der Waals surface area (Å²) in [6.07, 6.45) is 3.86. The molecule has 0 saturated carbocycles. The molecule has 56 heavy (non-hydrogen) atoms. The average Bonchev–Trinajstić information content (AvgIpc) is 3.19. The second-order valence-corrected chi connectivity index (χ2v) is 13.1. The van der Waals surface area contributed by atoms with Gasteiger partial charge in [-0.1, -0.05) is 135 Å². The second kappa shape index (κ2) is 26.4. The lowest BCUT2D eigenvalue weighted by Gasteiger charge is -2.17. The van der Waals surface area contributed by atoms with Crippen LogP contribution in [0.2, 0.25) is 0 Å². The van der Waals surface area contributed by atoms with Crippen LogP contribution in [0.4, 0.5) is 0 Å². The summed E-state index contributed by atoms with van der Waals surface area (Å²) < 4.78 is 4.40. The lowest BCUT2D eigenvalue weighted by atomic mass is 10.0. The molecule has 0 fully saturated rings. The monoisotopic (exact) mass is 764 g/mol. The van der Waals surface area contributed by atoms with Gasteiger partial charge in [-0.3, -0.25) is 14.4 Å². The molecule has 0 saturated heterocycles. The van der Waals surface area contributed by atoms with Gasteiger partial charge in [0, 0.05) is 18.1 Å². The Balaban J connectivity index is 0.000000338. The fraction of sp³-hybridized carbons (Fsp3) is 0.295. The molecule has 0 aliphatic rings. The van der Waals surface area contributed by atoms with Crippen LogP contribution in [0.15, 0.2) is 132 Å². The first-order valence-electron chi connectivity index (χ1n) is 18.3. The van der Waals surface area contributed by atoms with Crippen molar-refractivity contribution < 1.29 is 38.4 Å². The zero-order valence-electron chi connectivity index (χ0n) is 32.8. The van der Waals surface area contributed by atoms with E-state index in [4.69, 9.17) is 9.68 Å². The Morgan fingerprint density at radius 1 is 0.554 bits per heavy atom. The standard InChI is InChI=1S/2C20H22N2O3.C4H8O2/c2*1-15(2)13-18(22-19(23)17-11-7-4-8-12-17)20(24)25-21-14-16-9-5-3-6-10-16;1-3-6-4(2)5/h2*3-12,14-15,18H,13H2,1-2H3,(H,22,23);3H2,1-2H3/b2*21-14+;/t2*18-;/m11./s1. The number of esters is 1. The van der Waals surface area contributed by atoms with Crippen LogP contribution in [-0.2, 0) is 28.8 Å². The molecule has 4 rings (SSSR count). The van der Waals surface area contributed by atoms with Gasteiger partial charge in [0.15, 0.2) is 0 Å². The van der Waals surface area contributed by atoms with E-state index < -0.39 is 24.0 Å². The van der Waals surface area contributed by atoms with Gasteiger partial charge >= 0.3 is 17.9 Å². The lowest BCUT2D eigenvalue weighted by molar-refractivity contribution is -0.147. The number of carbonyl (C=O) groups is 5. The topological polar surface area (TPSA) is 162 Å². The van der Waals surface area contributed by atoms with Crippen molar-refractivity contribution in [2.24, 2.45) is 22.1 Å². The number of hydrogen-bond acceptors (Lipinski definition) is 10. The molecule has 0 unspecified atom stereocenters. The van der Waals surface area contributed by atoms with E-state index in [1.54, 1.807) is 55.5 Å². The van der Waals surface area contributed by atoms with Gasteiger partial charge in [0.1, 0.15) is 12.1 Å². The van der Waals surface area contributed by atoms with E-state index in [1.807, 2.05) is 100 Å². The SMILES string of the molecule is CC(C)C[C@@H](NC(=O)c1ccccc1)C(=O)O/N=C/c1ccccc1.CC(C)C[C@@H](NC(=O)c1ccccc1)C(=O)O/N=C/c1ccccc1.CCOC(C)=O. The van der Waals surface area contributed by atoms with Gasteiger partial charge in [-0.05, 0) is 67.0 Å². The molecular weight excluding hydrogens is 713 g/mol. The number of hydrogen-bond donors (Lipinski definition) is 2. The molecule has 4 aromatic rings. The van der Waals surface area contributed by atoms with Gasteiger partial charge in [-0.15, -0.1) is 0 Å². The van der Waals surface area contributed by atoms with Crippen molar-refractivity contribution >= 4 is 42.2 Å². The first kappa shape index (κ1) is 45.7. The highest BCUT2D eigenvalue weighted by Gasteiger charge is 2.25. The summed E-state index contributed by atoms with van der Waals surface area (Å²) in [5, 5.41) is 12.9. The van der Waals surface area contributed by atoms with Crippen molar-refractivity contribution in [2.75, 3.05) is 6.61 Å². The van der Waals surface area contributed by atoms with Crippen LogP contribution in [0.5, 0.6) is 0 Å². The summed E-state index contributed by atoms with van der Waals surface area (Å²) in [4.78, 5) is 68.9. The predicted molar refractivity (Wildman–Crippen MR) is 217 cm³/mol. The Labute approximate surface area is 329 Å². The Morgan fingerprint density at radius 3 is 1.14 bits per heavy atom. The summed E-state index contributed by atoms with van der Waals surface area (Å²) >= 11 is 0. The highest BCUT2D eigenvalue weighted by Crippen LogP contribution is 2.10. The number of nitrogens with one attached hydrogen (secondary N) is 2. The summed E-state index contributed by atoms with van der Waals surface area (Å²) in [7, 11) is 0. The average molecular weight is 765 g/mol. The number of ether oxygens (including phenoxy) is 1.